The molecule has 180 valence electrons. The van der Waals surface area contributed by atoms with E-state index in [-0.39, 0.29) is 34.4 Å². The molecule has 35 heavy (non-hydrogen) atoms. The van der Waals surface area contributed by atoms with E-state index < -0.39 is 21.7 Å². The summed E-state index contributed by atoms with van der Waals surface area (Å²) in [5.41, 5.74) is 7.80. The van der Waals surface area contributed by atoms with E-state index in [2.05, 4.69) is 24.9 Å². The standard InChI is InChI=1S/C23H22N6O5S/c1-13-5-6-14(22-27-23(21(24)32)29-28-22)10-16(13)17-11-20(19(31)12-18(17)30)35(33,34)26-9-7-15-4-2-3-8-25-15/h2-6,8,10-12,26,30-31H,7,9H2,1H3,(H2,24,32)(H,27,28,29). The number of carbonyl (C=O) groups excluding carboxylic acids is 1. The number of pyridine rings is 1. The molecule has 6 N–H and O–H groups in total. The molecular formula is C23H22N6O5S. The molecule has 0 spiro atoms. The zero-order valence-corrected chi connectivity index (χ0v) is 19.4. The molecule has 11 nitrogen and oxygen atoms in total. The lowest BCUT2D eigenvalue weighted by molar-refractivity contribution is 0.0991. The molecule has 0 bridgehead atoms. The molecule has 0 saturated heterocycles. The molecule has 0 saturated carbocycles. The van der Waals surface area contributed by atoms with Gasteiger partial charge in [0.15, 0.2) is 5.82 Å². The van der Waals surface area contributed by atoms with Crippen LogP contribution in [0.2, 0.25) is 0 Å². The number of aromatic hydroxyl groups is 2. The monoisotopic (exact) mass is 494 g/mol. The zero-order valence-electron chi connectivity index (χ0n) is 18.6. The van der Waals surface area contributed by atoms with Crippen molar-refractivity contribution >= 4 is 15.9 Å². The SMILES string of the molecule is Cc1ccc(-c2n[nH]c(C(N)=O)n2)cc1-c1cc(S(=O)(=O)NCCc2ccccn2)c(O)cc1O. The zero-order chi connectivity index (χ0) is 25.2. The van der Waals surface area contributed by atoms with Gasteiger partial charge in [-0.25, -0.2) is 18.1 Å². The largest absolute Gasteiger partial charge is 0.507 e. The van der Waals surface area contributed by atoms with Crippen LogP contribution in [0.15, 0.2) is 59.6 Å². The molecule has 0 unspecified atom stereocenters. The van der Waals surface area contributed by atoms with E-state index in [1.807, 2.05) is 0 Å². The van der Waals surface area contributed by atoms with E-state index in [1.165, 1.54) is 6.07 Å². The van der Waals surface area contributed by atoms with Crippen molar-refractivity contribution in [3.05, 3.63) is 71.8 Å². The number of sulfonamides is 1. The number of phenolic OH excluding ortho intramolecular Hbond substituents is 2. The lowest BCUT2D eigenvalue weighted by Crippen LogP contribution is -2.26. The summed E-state index contributed by atoms with van der Waals surface area (Å²) in [5.74, 6) is -1.59. The maximum Gasteiger partial charge on any atom is 0.286 e. The van der Waals surface area contributed by atoms with Crippen LogP contribution in [0.1, 0.15) is 21.9 Å². The van der Waals surface area contributed by atoms with Gasteiger partial charge >= 0.3 is 0 Å². The van der Waals surface area contributed by atoms with Crippen LogP contribution < -0.4 is 10.5 Å². The number of aryl methyl sites for hydroxylation is 1. The molecule has 0 atom stereocenters. The Balaban J connectivity index is 1.67. The van der Waals surface area contributed by atoms with Crippen molar-refractivity contribution in [3.8, 4) is 34.0 Å². The van der Waals surface area contributed by atoms with Gasteiger partial charge in [-0.1, -0.05) is 18.2 Å². The van der Waals surface area contributed by atoms with Crippen molar-refractivity contribution in [2.75, 3.05) is 6.54 Å². The highest BCUT2D eigenvalue weighted by atomic mass is 32.2. The Hall–Kier alpha value is -4.29. The van der Waals surface area contributed by atoms with Crippen molar-refractivity contribution < 1.29 is 23.4 Å². The number of nitrogens with two attached hydrogens (primary N) is 1. The number of amides is 1. The Bertz CT molecular complexity index is 1500. The van der Waals surface area contributed by atoms with Crippen LogP contribution >= 0.6 is 0 Å². The van der Waals surface area contributed by atoms with E-state index in [9.17, 15) is 23.4 Å². The second-order valence-corrected chi connectivity index (χ2v) is 9.44. The fraction of sp³-hybridized carbons (Fsp3) is 0.130. The summed E-state index contributed by atoms with van der Waals surface area (Å²) >= 11 is 0. The maximum atomic E-state index is 12.9. The van der Waals surface area contributed by atoms with E-state index in [0.717, 1.165) is 6.07 Å². The summed E-state index contributed by atoms with van der Waals surface area (Å²) < 4.78 is 28.3. The van der Waals surface area contributed by atoms with Crippen molar-refractivity contribution in [1.82, 2.24) is 24.9 Å². The third-order valence-electron chi connectivity index (χ3n) is 5.27. The second-order valence-electron chi connectivity index (χ2n) is 7.71. The molecule has 4 aromatic rings. The Kier molecular flexibility index (Phi) is 6.49. The van der Waals surface area contributed by atoms with Crippen LogP contribution in [-0.2, 0) is 16.4 Å². The van der Waals surface area contributed by atoms with Gasteiger partial charge in [0, 0.05) is 42.0 Å². The summed E-state index contributed by atoms with van der Waals surface area (Å²) in [6.07, 6.45) is 1.97. The fourth-order valence-electron chi connectivity index (χ4n) is 3.48. The molecule has 4 rings (SSSR count). The number of nitrogens with zero attached hydrogens (tertiary/aromatic N) is 3. The average molecular weight is 495 g/mol. The van der Waals surface area contributed by atoms with Gasteiger partial charge in [0.1, 0.15) is 16.4 Å². The number of rotatable bonds is 8. The number of aromatic amines is 1. The van der Waals surface area contributed by atoms with Gasteiger partial charge in [-0.05, 0) is 42.3 Å². The Morgan fingerprint density at radius 1 is 1.09 bits per heavy atom. The maximum absolute atomic E-state index is 12.9. The quantitative estimate of drug-likeness (QED) is 0.246. The fourth-order valence-corrected chi connectivity index (χ4v) is 4.61. The molecule has 1 amide bonds. The Morgan fingerprint density at radius 3 is 2.57 bits per heavy atom. The van der Waals surface area contributed by atoms with Crippen LogP contribution in [-0.4, -0.2) is 51.2 Å². The van der Waals surface area contributed by atoms with Gasteiger partial charge in [-0.15, -0.1) is 0 Å². The second kappa shape index (κ2) is 9.52. The number of nitrogens with one attached hydrogen (secondary N) is 2. The summed E-state index contributed by atoms with van der Waals surface area (Å²) in [4.78, 5) is 19.1. The van der Waals surface area contributed by atoms with Crippen LogP contribution in [0.3, 0.4) is 0 Å². The molecule has 0 radical (unpaired) electrons. The van der Waals surface area contributed by atoms with Crippen molar-refractivity contribution in [2.24, 2.45) is 5.73 Å². The lowest BCUT2D eigenvalue weighted by atomic mass is 9.97. The van der Waals surface area contributed by atoms with Crippen LogP contribution in [0.25, 0.3) is 22.5 Å². The first-order chi connectivity index (χ1) is 16.7. The first-order valence-corrected chi connectivity index (χ1v) is 11.9. The van der Waals surface area contributed by atoms with Crippen molar-refractivity contribution in [1.29, 1.82) is 0 Å². The predicted molar refractivity (Wildman–Crippen MR) is 127 cm³/mol. The number of hydrogen-bond acceptors (Lipinski definition) is 8. The number of benzene rings is 2. The number of hydrogen-bond donors (Lipinski definition) is 5. The number of H-pyrrole nitrogens is 1. The topological polar surface area (TPSA) is 184 Å². The molecule has 0 aliphatic rings. The van der Waals surface area contributed by atoms with E-state index in [1.54, 1.807) is 49.5 Å². The average Bonchev–Trinajstić information content (AvgIpc) is 3.31. The van der Waals surface area contributed by atoms with Gasteiger partial charge in [-0.2, -0.15) is 5.10 Å². The molecule has 2 aromatic heterocycles. The first kappa shape index (κ1) is 23.9. The highest BCUT2D eigenvalue weighted by molar-refractivity contribution is 7.89. The Morgan fingerprint density at radius 2 is 1.89 bits per heavy atom. The number of aromatic nitrogens is 4. The van der Waals surface area contributed by atoms with Gasteiger partial charge in [0.2, 0.25) is 15.8 Å². The highest BCUT2D eigenvalue weighted by Gasteiger charge is 2.23. The normalized spacial score (nSPS) is 11.5. The highest BCUT2D eigenvalue weighted by Crippen LogP contribution is 2.39. The minimum absolute atomic E-state index is 0.0660. The predicted octanol–water partition coefficient (Wildman–Crippen LogP) is 1.87. The van der Waals surface area contributed by atoms with Crippen LogP contribution in [0.4, 0.5) is 0 Å². The third-order valence-corrected chi connectivity index (χ3v) is 6.76. The van der Waals surface area contributed by atoms with Crippen LogP contribution in [0, 0.1) is 6.92 Å². The van der Waals surface area contributed by atoms with Gasteiger partial charge < -0.3 is 15.9 Å². The van der Waals surface area contributed by atoms with Crippen molar-refractivity contribution in [2.45, 2.75) is 18.2 Å². The number of carbonyl (C=O) groups is 1. The van der Waals surface area contributed by atoms with E-state index in [0.29, 0.717) is 28.8 Å². The smallest absolute Gasteiger partial charge is 0.286 e. The van der Waals surface area contributed by atoms with E-state index in [4.69, 9.17) is 5.73 Å². The minimum atomic E-state index is -4.11. The summed E-state index contributed by atoms with van der Waals surface area (Å²) in [6, 6.07) is 12.6. The van der Waals surface area contributed by atoms with Gasteiger partial charge in [0.05, 0.1) is 0 Å². The molecule has 0 aliphatic heterocycles. The third kappa shape index (κ3) is 5.13. The molecule has 0 fully saturated rings. The summed E-state index contributed by atoms with van der Waals surface area (Å²) in [5, 5.41) is 27.3. The van der Waals surface area contributed by atoms with E-state index >= 15 is 0 Å². The lowest BCUT2D eigenvalue weighted by Gasteiger charge is -2.14. The summed E-state index contributed by atoms with van der Waals surface area (Å²) in [7, 11) is -4.11. The Labute approximate surface area is 200 Å². The molecule has 12 heteroatoms. The number of primary amides is 1. The minimum Gasteiger partial charge on any atom is -0.507 e. The molecule has 2 heterocycles. The van der Waals surface area contributed by atoms with Crippen LogP contribution in [0.5, 0.6) is 11.5 Å². The number of phenols is 2. The van der Waals surface area contributed by atoms with Gasteiger partial charge in [-0.3, -0.25) is 14.9 Å². The molecule has 0 aliphatic carbocycles. The molecular weight excluding hydrogens is 472 g/mol. The van der Waals surface area contributed by atoms with Crippen molar-refractivity contribution in [3.63, 3.8) is 0 Å². The first-order valence-electron chi connectivity index (χ1n) is 10.4. The van der Waals surface area contributed by atoms with Gasteiger partial charge in [0.25, 0.3) is 5.91 Å². The molecule has 2 aromatic carbocycles. The summed E-state index contributed by atoms with van der Waals surface area (Å²) in [6.45, 7) is 1.84.